The molecule has 1 unspecified atom stereocenters. The zero-order valence-corrected chi connectivity index (χ0v) is 12.7. The Morgan fingerprint density at radius 1 is 1.43 bits per heavy atom. The number of methoxy groups -OCH3 is 1. The van der Waals surface area contributed by atoms with Gasteiger partial charge >= 0.3 is 5.97 Å². The SMILES string of the molecule is COC(=O)c1nc2n(c(=O)c1O)CCN(C)CC2N(C)C. The van der Waals surface area contributed by atoms with E-state index in [-0.39, 0.29) is 11.7 Å². The summed E-state index contributed by atoms with van der Waals surface area (Å²) < 4.78 is 6.00. The van der Waals surface area contributed by atoms with Gasteiger partial charge in [-0.25, -0.2) is 9.78 Å². The average Bonchev–Trinajstić information content (AvgIpc) is 2.61. The number of hydrogen-bond donors (Lipinski definition) is 1. The molecular weight excluding hydrogens is 276 g/mol. The molecule has 1 atom stereocenters. The van der Waals surface area contributed by atoms with Gasteiger partial charge in [0.1, 0.15) is 5.82 Å². The number of hydrogen-bond acceptors (Lipinski definition) is 7. The summed E-state index contributed by atoms with van der Waals surface area (Å²) in [4.78, 5) is 32.2. The Kier molecular flexibility index (Phi) is 4.29. The Hall–Kier alpha value is -1.93. The van der Waals surface area contributed by atoms with E-state index in [0.717, 1.165) is 0 Å². The van der Waals surface area contributed by atoms with Gasteiger partial charge in [-0.1, -0.05) is 0 Å². The molecule has 1 aliphatic rings. The minimum Gasteiger partial charge on any atom is -0.501 e. The normalized spacial score (nSPS) is 19.2. The van der Waals surface area contributed by atoms with Crippen molar-refractivity contribution in [1.29, 1.82) is 0 Å². The molecule has 2 rings (SSSR count). The molecular formula is C13H20N4O4. The van der Waals surface area contributed by atoms with Crippen LogP contribution in [-0.2, 0) is 11.3 Å². The zero-order chi connectivity index (χ0) is 15.7. The summed E-state index contributed by atoms with van der Waals surface area (Å²) in [5, 5.41) is 9.91. The van der Waals surface area contributed by atoms with Gasteiger partial charge in [-0.3, -0.25) is 14.3 Å². The smallest absolute Gasteiger partial charge is 0.360 e. The quantitative estimate of drug-likeness (QED) is 0.721. The predicted octanol–water partition coefficient (Wildman–Crippen LogP) is -0.716. The highest BCUT2D eigenvalue weighted by molar-refractivity contribution is 5.89. The van der Waals surface area contributed by atoms with E-state index in [0.29, 0.717) is 25.5 Å². The van der Waals surface area contributed by atoms with E-state index in [4.69, 9.17) is 0 Å². The lowest BCUT2D eigenvalue weighted by Gasteiger charge is -2.26. The molecule has 0 amide bonds. The van der Waals surface area contributed by atoms with E-state index in [9.17, 15) is 14.7 Å². The summed E-state index contributed by atoms with van der Waals surface area (Å²) in [7, 11) is 6.90. The second-order valence-corrected chi connectivity index (χ2v) is 5.36. The van der Waals surface area contributed by atoms with Crippen LogP contribution in [0.15, 0.2) is 4.79 Å². The van der Waals surface area contributed by atoms with Crippen molar-refractivity contribution in [3.8, 4) is 5.75 Å². The van der Waals surface area contributed by atoms with E-state index in [1.807, 2.05) is 26.0 Å². The van der Waals surface area contributed by atoms with Crippen LogP contribution in [0.1, 0.15) is 22.4 Å². The first kappa shape index (κ1) is 15.5. The summed E-state index contributed by atoms with van der Waals surface area (Å²) in [6, 6.07) is -0.158. The first-order valence-corrected chi connectivity index (χ1v) is 6.63. The predicted molar refractivity (Wildman–Crippen MR) is 75.4 cm³/mol. The fraction of sp³-hybridized carbons (Fsp3) is 0.615. The first-order chi connectivity index (χ1) is 9.86. The Morgan fingerprint density at radius 2 is 2.10 bits per heavy atom. The number of aromatic hydroxyl groups is 1. The summed E-state index contributed by atoms with van der Waals surface area (Å²) in [6.45, 7) is 1.75. The van der Waals surface area contributed by atoms with Gasteiger partial charge < -0.3 is 14.7 Å². The Morgan fingerprint density at radius 3 is 2.67 bits per heavy atom. The second kappa shape index (κ2) is 5.82. The van der Waals surface area contributed by atoms with E-state index < -0.39 is 17.3 Å². The number of likely N-dealkylation sites (N-methyl/N-ethyl adjacent to an activating group) is 2. The van der Waals surface area contributed by atoms with Gasteiger partial charge in [-0.15, -0.1) is 0 Å². The lowest BCUT2D eigenvalue weighted by molar-refractivity contribution is 0.0588. The highest BCUT2D eigenvalue weighted by Crippen LogP contribution is 2.22. The average molecular weight is 296 g/mol. The van der Waals surface area contributed by atoms with Crippen LogP contribution in [0.5, 0.6) is 5.75 Å². The van der Waals surface area contributed by atoms with Gasteiger partial charge in [0.2, 0.25) is 5.75 Å². The van der Waals surface area contributed by atoms with Crippen LogP contribution < -0.4 is 5.56 Å². The van der Waals surface area contributed by atoms with E-state index in [2.05, 4.69) is 14.6 Å². The molecule has 0 radical (unpaired) electrons. The summed E-state index contributed by atoms with van der Waals surface area (Å²) in [5.74, 6) is -1.01. The molecule has 21 heavy (non-hydrogen) atoms. The highest BCUT2D eigenvalue weighted by Gasteiger charge is 2.29. The van der Waals surface area contributed by atoms with Crippen molar-refractivity contribution in [2.75, 3.05) is 41.3 Å². The van der Waals surface area contributed by atoms with Crippen LogP contribution in [0, 0.1) is 0 Å². The number of carbonyl (C=O) groups excluding carboxylic acids is 1. The summed E-state index contributed by atoms with van der Waals surface area (Å²) >= 11 is 0. The molecule has 1 aliphatic heterocycles. The van der Waals surface area contributed by atoms with Crippen molar-refractivity contribution in [3.05, 3.63) is 21.9 Å². The molecule has 0 spiro atoms. The molecule has 0 saturated heterocycles. The third kappa shape index (κ3) is 2.77. The third-order valence-electron chi connectivity index (χ3n) is 3.67. The Labute approximate surface area is 122 Å². The van der Waals surface area contributed by atoms with Crippen molar-refractivity contribution in [2.45, 2.75) is 12.6 Å². The third-order valence-corrected chi connectivity index (χ3v) is 3.67. The Bertz CT molecular complexity index is 611. The lowest BCUT2D eigenvalue weighted by Crippen LogP contribution is -2.34. The number of fused-ring (bicyclic) bond motifs is 1. The molecule has 116 valence electrons. The van der Waals surface area contributed by atoms with Crippen LogP contribution in [-0.4, -0.2) is 71.8 Å². The molecule has 0 saturated carbocycles. The van der Waals surface area contributed by atoms with E-state index >= 15 is 0 Å². The molecule has 2 heterocycles. The first-order valence-electron chi connectivity index (χ1n) is 6.63. The van der Waals surface area contributed by atoms with Crippen LogP contribution in [0.25, 0.3) is 0 Å². The van der Waals surface area contributed by atoms with Gasteiger partial charge in [-0.2, -0.15) is 0 Å². The van der Waals surface area contributed by atoms with Gasteiger partial charge in [-0.05, 0) is 21.1 Å². The van der Waals surface area contributed by atoms with Crippen molar-refractivity contribution in [3.63, 3.8) is 0 Å². The molecule has 1 aromatic rings. The van der Waals surface area contributed by atoms with E-state index in [1.165, 1.54) is 11.7 Å². The summed E-state index contributed by atoms with van der Waals surface area (Å²) in [6.07, 6.45) is 0. The minimum absolute atomic E-state index is 0.158. The summed E-state index contributed by atoms with van der Waals surface area (Å²) in [5.41, 5.74) is -0.937. The van der Waals surface area contributed by atoms with Gasteiger partial charge in [0, 0.05) is 19.6 Å². The van der Waals surface area contributed by atoms with Crippen molar-refractivity contribution < 1.29 is 14.6 Å². The molecule has 8 nitrogen and oxygen atoms in total. The monoisotopic (exact) mass is 296 g/mol. The Balaban J connectivity index is 2.67. The van der Waals surface area contributed by atoms with Crippen LogP contribution in [0.3, 0.4) is 0 Å². The topological polar surface area (TPSA) is 87.9 Å². The van der Waals surface area contributed by atoms with Crippen molar-refractivity contribution >= 4 is 5.97 Å². The van der Waals surface area contributed by atoms with Crippen LogP contribution >= 0.6 is 0 Å². The van der Waals surface area contributed by atoms with Gasteiger partial charge in [0.25, 0.3) is 5.56 Å². The minimum atomic E-state index is -0.817. The maximum atomic E-state index is 12.3. The molecule has 0 fully saturated rings. The lowest BCUT2D eigenvalue weighted by atomic mass is 10.2. The van der Waals surface area contributed by atoms with E-state index in [1.54, 1.807) is 0 Å². The highest BCUT2D eigenvalue weighted by atomic mass is 16.5. The molecule has 0 aromatic carbocycles. The zero-order valence-electron chi connectivity index (χ0n) is 12.7. The van der Waals surface area contributed by atoms with Gasteiger partial charge in [0.05, 0.1) is 13.2 Å². The number of nitrogens with zero attached hydrogens (tertiary/aromatic N) is 4. The second-order valence-electron chi connectivity index (χ2n) is 5.36. The fourth-order valence-electron chi connectivity index (χ4n) is 2.40. The molecule has 0 bridgehead atoms. The largest absolute Gasteiger partial charge is 0.501 e. The van der Waals surface area contributed by atoms with Crippen molar-refractivity contribution in [1.82, 2.24) is 19.4 Å². The van der Waals surface area contributed by atoms with Crippen LogP contribution in [0.4, 0.5) is 0 Å². The number of carbonyl (C=O) groups is 1. The maximum Gasteiger partial charge on any atom is 0.360 e. The number of esters is 1. The molecule has 1 aromatic heterocycles. The number of aromatic nitrogens is 2. The van der Waals surface area contributed by atoms with Crippen molar-refractivity contribution in [2.24, 2.45) is 0 Å². The number of rotatable bonds is 2. The molecule has 8 heteroatoms. The maximum absolute atomic E-state index is 12.3. The van der Waals surface area contributed by atoms with Crippen LogP contribution in [0.2, 0.25) is 0 Å². The number of ether oxygens (including phenoxy) is 1. The molecule has 0 aliphatic carbocycles. The van der Waals surface area contributed by atoms with Gasteiger partial charge in [0.15, 0.2) is 5.69 Å². The standard InChI is InChI=1S/C13H20N4O4/c1-15(2)8-7-16(3)5-6-17-11(8)14-9(13(20)21-4)10(18)12(17)19/h8,18H,5-7H2,1-4H3. The molecule has 1 N–H and O–H groups in total. The fourth-order valence-corrected chi connectivity index (χ4v) is 2.40.